The molecule has 0 bridgehead atoms. The highest BCUT2D eigenvalue weighted by atomic mass is 35.5. The van der Waals surface area contributed by atoms with Gasteiger partial charge >= 0.3 is 6.36 Å². The third-order valence-corrected chi connectivity index (χ3v) is 5.81. The lowest BCUT2D eigenvalue weighted by atomic mass is 9.86. The second-order valence-corrected chi connectivity index (χ2v) is 8.43. The van der Waals surface area contributed by atoms with Gasteiger partial charge in [0.25, 0.3) is 0 Å². The van der Waals surface area contributed by atoms with Gasteiger partial charge in [0.15, 0.2) is 0 Å². The van der Waals surface area contributed by atoms with Crippen LogP contribution in [0, 0.1) is 0 Å². The Bertz CT molecular complexity index is 1100. The maximum Gasteiger partial charge on any atom is 0.573 e. The molecule has 1 aliphatic heterocycles. The molecule has 0 spiro atoms. The maximum atomic E-state index is 12.7. The van der Waals surface area contributed by atoms with Crippen molar-refractivity contribution in [3.63, 3.8) is 0 Å². The van der Waals surface area contributed by atoms with Crippen molar-refractivity contribution in [3.8, 4) is 16.9 Å². The van der Waals surface area contributed by atoms with Gasteiger partial charge in [0.05, 0.1) is 12.1 Å². The van der Waals surface area contributed by atoms with Crippen LogP contribution in [-0.2, 0) is 6.42 Å². The average Bonchev–Trinajstić information content (AvgIpc) is 2.72. The number of halogens is 4. The summed E-state index contributed by atoms with van der Waals surface area (Å²) >= 11 is 6.20. The van der Waals surface area contributed by atoms with Crippen LogP contribution in [0.25, 0.3) is 11.1 Å². The van der Waals surface area contributed by atoms with E-state index in [2.05, 4.69) is 9.64 Å². The quantitative estimate of drug-likeness (QED) is 0.454. The summed E-state index contributed by atoms with van der Waals surface area (Å²) in [6, 6.07) is 19.5. The van der Waals surface area contributed by atoms with Gasteiger partial charge in [0, 0.05) is 17.3 Å². The summed E-state index contributed by atoms with van der Waals surface area (Å²) in [5, 5.41) is 10.8. The Balaban J connectivity index is 1.75. The van der Waals surface area contributed by atoms with Gasteiger partial charge in [0.2, 0.25) is 0 Å². The number of alkyl halides is 3. The summed E-state index contributed by atoms with van der Waals surface area (Å²) in [5.41, 5.74) is 4.88. The van der Waals surface area contributed by atoms with Crippen molar-refractivity contribution in [3.05, 3.63) is 82.9 Å². The minimum absolute atomic E-state index is 0.191. The van der Waals surface area contributed by atoms with Crippen molar-refractivity contribution < 1.29 is 23.0 Å². The minimum atomic E-state index is -4.75. The first-order valence-corrected chi connectivity index (χ1v) is 10.8. The molecule has 3 aromatic rings. The Morgan fingerprint density at radius 2 is 1.84 bits per heavy atom. The number of rotatable bonds is 5. The second kappa shape index (κ2) is 9.04. The van der Waals surface area contributed by atoms with Crippen molar-refractivity contribution >= 4 is 17.3 Å². The molecule has 0 saturated heterocycles. The van der Waals surface area contributed by atoms with Crippen LogP contribution < -0.4 is 9.64 Å². The Hall–Kier alpha value is -2.70. The lowest BCUT2D eigenvalue weighted by Gasteiger charge is -2.41. The predicted octanol–water partition coefficient (Wildman–Crippen LogP) is 6.78. The van der Waals surface area contributed by atoms with Gasteiger partial charge in [-0.15, -0.1) is 13.2 Å². The highest BCUT2D eigenvalue weighted by molar-refractivity contribution is 6.30. The van der Waals surface area contributed by atoms with Gasteiger partial charge in [-0.05, 0) is 72.4 Å². The zero-order chi connectivity index (χ0) is 22.9. The minimum Gasteiger partial charge on any atom is -0.406 e. The van der Waals surface area contributed by atoms with Crippen LogP contribution in [0.5, 0.6) is 5.75 Å². The van der Waals surface area contributed by atoms with Crippen molar-refractivity contribution in [2.45, 2.75) is 38.3 Å². The summed E-state index contributed by atoms with van der Waals surface area (Å²) in [5.74, 6) is -0.245. The Morgan fingerprint density at radius 3 is 2.56 bits per heavy atom. The highest BCUT2D eigenvalue weighted by Crippen LogP contribution is 2.43. The largest absolute Gasteiger partial charge is 0.573 e. The number of ether oxygens (including phenoxy) is 1. The van der Waals surface area contributed by atoms with Crippen molar-refractivity contribution in [1.82, 2.24) is 0 Å². The van der Waals surface area contributed by atoms with Gasteiger partial charge in [0.1, 0.15) is 5.75 Å². The first-order valence-electron chi connectivity index (χ1n) is 10.4. The van der Waals surface area contributed by atoms with E-state index in [0.717, 1.165) is 28.8 Å². The number of hydrogen-bond acceptors (Lipinski definition) is 3. The van der Waals surface area contributed by atoms with E-state index < -0.39 is 12.5 Å². The fraction of sp³-hybridized carbons (Fsp3) is 0.280. The zero-order valence-electron chi connectivity index (χ0n) is 17.4. The summed E-state index contributed by atoms with van der Waals surface area (Å²) < 4.78 is 42.3. The van der Waals surface area contributed by atoms with E-state index >= 15 is 0 Å². The standard InChI is InChI=1S/C25H23ClF3NO2/c1-16(31)15-30-23(18-6-3-8-20(14-18)32-25(27,28)29)12-11-22-21(9-4-10-24(22)30)17-5-2-7-19(26)13-17/h2-10,13-14,16,23,31H,11-12,15H2,1H3/t16-,23+/m1/s1. The fourth-order valence-electron chi connectivity index (χ4n) is 4.41. The summed E-state index contributed by atoms with van der Waals surface area (Å²) in [6.07, 6.45) is -3.94. The number of aliphatic hydroxyl groups excluding tert-OH is 1. The second-order valence-electron chi connectivity index (χ2n) is 7.99. The number of benzene rings is 3. The van der Waals surface area contributed by atoms with Gasteiger partial charge < -0.3 is 14.7 Å². The monoisotopic (exact) mass is 461 g/mol. The van der Waals surface area contributed by atoms with E-state index in [9.17, 15) is 18.3 Å². The SMILES string of the molecule is C[C@@H](O)CN1c2cccc(-c3cccc(Cl)c3)c2CC[C@H]1c1cccc(OC(F)(F)F)c1. The molecule has 0 amide bonds. The molecule has 2 atom stereocenters. The van der Waals surface area contributed by atoms with Gasteiger partial charge in [-0.25, -0.2) is 0 Å². The Kier molecular flexibility index (Phi) is 6.35. The molecule has 0 fully saturated rings. The molecule has 1 N–H and O–H groups in total. The van der Waals surface area contributed by atoms with Crippen LogP contribution in [0.2, 0.25) is 5.02 Å². The Morgan fingerprint density at radius 1 is 1.09 bits per heavy atom. The first kappa shape index (κ1) is 22.5. The molecular formula is C25H23ClF3NO2. The third kappa shape index (κ3) is 5.03. The summed E-state index contributed by atoms with van der Waals surface area (Å²) in [6.45, 7) is 2.05. The molecule has 7 heteroatoms. The van der Waals surface area contributed by atoms with Gasteiger partial charge in [-0.3, -0.25) is 0 Å². The lowest BCUT2D eigenvalue weighted by Crippen LogP contribution is -2.38. The van der Waals surface area contributed by atoms with Gasteiger partial charge in [-0.2, -0.15) is 0 Å². The van der Waals surface area contributed by atoms with E-state index in [-0.39, 0.29) is 11.8 Å². The van der Waals surface area contributed by atoms with Gasteiger partial charge in [-0.1, -0.05) is 48.0 Å². The van der Waals surface area contributed by atoms with Crippen LogP contribution >= 0.6 is 11.6 Å². The maximum absolute atomic E-state index is 12.7. The molecule has 0 aliphatic carbocycles. The number of hydrogen-bond donors (Lipinski definition) is 1. The fourth-order valence-corrected chi connectivity index (χ4v) is 4.60. The highest BCUT2D eigenvalue weighted by Gasteiger charge is 2.33. The molecule has 0 unspecified atom stereocenters. The molecule has 1 aliphatic rings. The molecular weight excluding hydrogens is 439 g/mol. The van der Waals surface area contributed by atoms with Crippen LogP contribution in [-0.4, -0.2) is 24.1 Å². The molecule has 0 aromatic heterocycles. The molecule has 4 rings (SSSR count). The van der Waals surface area contributed by atoms with Crippen LogP contribution in [0.15, 0.2) is 66.7 Å². The van der Waals surface area contributed by atoms with Crippen molar-refractivity contribution in [2.75, 3.05) is 11.4 Å². The predicted molar refractivity (Wildman–Crippen MR) is 120 cm³/mol. The third-order valence-electron chi connectivity index (χ3n) is 5.58. The topological polar surface area (TPSA) is 32.7 Å². The molecule has 32 heavy (non-hydrogen) atoms. The van der Waals surface area contributed by atoms with Crippen LogP contribution in [0.4, 0.5) is 18.9 Å². The van der Waals surface area contributed by atoms with E-state index in [1.54, 1.807) is 19.1 Å². The van der Waals surface area contributed by atoms with Crippen LogP contribution in [0.1, 0.15) is 30.5 Å². The average molecular weight is 462 g/mol. The summed E-state index contributed by atoms with van der Waals surface area (Å²) in [4.78, 5) is 2.07. The smallest absolute Gasteiger partial charge is 0.406 e. The first-order chi connectivity index (χ1) is 15.2. The number of aliphatic hydroxyl groups is 1. The normalized spacial score (nSPS) is 17.1. The van der Waals surface area contributed by atoms with E-state index in [0.29, 0.717) is 23.6 Å². The number of β-amino-alcohol motifs (C(OH)–C–C–N with tert-alkyl or cyclic N) is 1. The van der Waals surface area contributed by atoms with Crippen LogP contribution in [0.3, 0.4) is 0 Å². The van der Waals surface area contributed by atoms with Crippen molar-refractivity contribution in [2.24, 2.45) is 0 Å². The number of anilines is 1. The molecule has 1 heterocycles. The Labute approximate surface area is 190 Å². The molecule has 168 valence electrons. The molecule has 0 saturated carbocycles. The van der Waals surface area contributed by atoms with Crippen molar-refractivity contribution in [1.29, 1.82) is 0 Å². The van der Waals surface area contributed by atoms with E-state index in [1.165, 1.54) is 12.1 Å². The zero-order valence-corrected chi connectivity index (χ0v) is 18.2. The van der Waals surface area contributed by atoms with E-state index in [4.69, 9.17) is 11.6 Å². The molecule has 3 aromatic carbocycles. The summed E-state index contributed by atoms with van der Waals surface area (Å²) in [7, 11) is 0. The lowest BCUT2D eigenvalue weighted by molar-refractivity contribution is -0.274. The number of fused-ring (bicyclic) bond motifs is 1. The van der Waals surface area contributed by atoms with E-state index in [1.807, 2.05) is 42.5 Å². The molecule has 3 nitrogen and oxygen atoms in total. The number of nitrogens with zero attached hydrogens (tertiary/aromatic N) is 1. The molecule has 0 radical (unpaired) electrons.